The smallest absolute Gasteiger partial charge is 0.246 e. The number of nitrogens with two attached hydrogens (primary N) is 1. The summed E-state index contributed by atoms with van der Waals surface area (Å²) in [5.41, 5.74) is 9.15. The van der Waals surface area contributed by atoms with E-state index in [-0.39, 0.29) is 64.3 Å². The van der Waals surface area contributed by atoms with Crippen molar-refractivity contribution in [2.24, 2.45) is 28.4 Å². The molecular weight excluding hydrogens is 943 g/mol. The summed E-state index contributed by atoms with van der Waals surface area (Å²) in [6, 6.07) is 11.6. The number of nitrogens with zero attached hydrogens (tertiary/aromatic N) is 2. The number of thiocarbonyl (C=S) groups is 1. The fraction of sp³-hybridized carbons (Fsp3) is 0.635. The van der Waals surface area contributed by atoms with Gasteiger partial charge in [0.25, 0.3) is 0 Å². The van der Waals surface area contributed by atoms with Crippen LogP contribution in [0.5, 0.6) is 0 Å². The second kappa shape index (κ2) is 20.3. The maximum absolute atomic E-state index is 14.7. The monoisotopic (exact) mass is 1010 g/mol. The van der Waals surface area contributed by atoms with Crippen LogP contribution in [0.2, 0.25) is 0 Å². The van der Waals surface area contributed by atoms with Gasteiger partial charge in [0.05, 0.1) is 51.7 Å². The highest BCUT2D eigenvalue weighted by molar-refractivity contribution is 8.00. The van der Waals surface area contributed by atoms with Gasteiger partial charge in [0.15, 0.2) is 0 Å². The molecule has 0 aromatic heterocycles. The molecule has 1 saturated carbocycles. The Morgan fingerprint density at radius 1 is 0.643 bits per heavy atom. The van der Waals surface area contributed by atoms with E-state index >= 15 is 0 Å². The predicted molar refractivity (Wildman–Crippen MR) is 277 cm³/mol. The topological polar surface area (TPSA) is 207 Å². The lowest BCUT2D eigenvalue weighted by molar-refractivity contribution is -0.143. The SMILES string of the molecule is CN[C@@H](C)C(=S)N[C@H]1CCS[C@H]2CC(C)(C)[C@@H](C(=O)N[C@H]3c4ccccc4C[C@H]3C(=O)N[C@H]3CC[C@H](NC(=O)[C@@H]4Cc5ccccc5[C@@H]4NC(=O)[C@H]4N5C(=O)[C@@H](N)CCS[C@H]5CC4(C)C)CC3)N2C1=O. The van der Waals surface area contributed by atoms with Crippen molar-refractivity contribution >= 4 is 76.2 Å². The third kappa shape index (κ3) is 9.84. The molecule has 2 aromatic rings. The van der Waals surface area contributed by atoms with Crippen molar-refractivity contribution in [3.63, 3.8) is 0 Å². The minimum Gasteiger partial charge on any atom is -0.367 e. The van der Waals surface area contributed by atoms with E-state index < -0.39 is 58.9 Å². The first-order chi connectivity index (χ1) is 33.4. The van der Waals surface area contributed by atoms with Gasteiger partial charge in [-0.25, -0.2) is 0 Å². The van der Waals surface area contributed by atoms with Gasteiger partial charge < -0.3 is 47.4 Å². The first-order valence-corrected chi connectivity index (χ1v) is 27.8. The van der Waals surface area contributed by atoms with E-state index in [1.54, 1.807) is 33.3 Å². The largest absolute Gasteiger partial charge is 0.367 e. The summed E-state index contributed by atoms with van der Waals surface area (Å²) in [7, 11) is 1.82. The molecule has 7 aliphatic rings. The Hall–Kier alpha value is -4.23. The summed E-state index contributed by atoms with van der Waals surface area (Å²) in [5.74, 6) is -0.658. The summed E-state index contributed by atoms with van der Waals surface area (Å²) in [4.78, 5) is 89.9. The van der Waals surface area contributed by atoms with E-state index in [0.29, 0.717) is 69.2 Å². The molecule has 18 heteroatoms. The van der Waals surface area contributed by atoms with E-state index in [9.17, 15) is 28.8 Å². The molecule has 70 heavy (non-hydrogen) atoms. The summed E-state index contributed by atoms with van der Waals surface area (Å²) in [6.45, 7) is 10.1. The lowest BCUT2D eigenvalue weighted by Gasteiger charge is -2.36. The molecule has 0 bridgehead atoms. The van der Waals surface area contributed by atoms with Crippen LogP contribution in [-0.2, 0) is 41.6 Å². The average Bonchev–Trinajstić information content (AvgIpc) is 3.99. The zero-order valence-corrected chi connectivity index (χ0v) is 43.7. The summed E-state index contributed by atoms with van der Waals surface area (Å²) in [6.07, 6.45) is 6.14. The highest BCUT2D eigenvalue weighted by Crippen LogP contribution is 2.49. The van der Waals surface area contributed by atoms with Crippen molar-refractivity contribution < 1.29 is 28.8 Å². The van der Waals surface area contributed by atoms with Gasteiger partial charge in [-0.1, -0.05) is 88.4 Å². The maximum Gasteiger partial charge on any atom is 0.246 e. The van der Waals surface area contributed by atoms with E-state index in [1.807, 2.05) is 90.2 Å². The Morgan fingerprint density at radius 2 is 1.09 bits per heavy atom. The molecule has 9 rings (SSSR count). The number of nitrogens with one attached hydrogen (secondary N) is 6. The molecule has 4 aliphatic heterocycles. The standard InChI is InChI=1S/C52H71N9O6S3/c1-27(54-6)48(68)57-37-20-22-70-39-26-52(4,5)43(61(39)50(37)67)47(65)59-41-33-14-10-8-12-29(33)24-35(41)45(63)56-31-17-15-30(16-18-31)55-44(62)34-23-28-11-7-9-13-32(28)40(34)58-46(64)42-51(2,3)25-38-60(42)49(66)36(53)19-21-69-38/h7-14,27,30-31,34-43,54H,15-26,53H2,1-6H3,(H,55,62)(H,56,63)(H,57,68)(H,58,64)(H,59,65)/t27-,30-,31-,34+,35+,36-,37-,38-,39-,40-,41-,42+,43+/m0/s1. The van der Waals surface area contributed by atoms with Crippen LogP contribution in [0.4, 0.5) is 0 Å². The number of thioether (sulfide) groups is 2. The Balaban J connectivity index is 0.831. The van der Waals surface area contributed by atoms with Crippen molar-refractivity contribution in [1.82, 2.24) is 41.7 Å². The Bertz CT molecular complexity index is 2390. The van der Waals surface area contributed by atoms with Crippen molar-refractivity contribution in [2.45, 2.75) is 164 Å². The van der Waals surface area contributed by atoms with E-state index in [0.717, 1.165) is 33.8 Å². The molecule has 6 amide bonds. The lowest BCUT2D eigenvalue weighted by Crippen LogP contribution is -2.58. The maximum atomic E-state index is 14.7. The highest BCUT2D eigenvalue weighted by Gasteiger charge is 2.57. The van der Waals surface area contributed by atoms with Gasteiger partial charge in [0, 0.05) is 12.1 Å². The van der Waals surface area contributed by atoms with E-state index in [4.69, 9.17) is 18.0 Å². The van der Waals surface area contributed by atoms with Crippen LogP contribution >= 0.6 is 35.7 Å². The van der Waals surface area contributed by atoms with Crippen LogP contribution in [0, 0.1) is 22.7 Å². The number of hydrogen-bond acceptors (Lipinski definition) is 11. The molecule has 0 spiro atoms. The molecule has 11 atom stereocenters. The second-order valence-corrected chi connectivity index (χ2v) is 25.2. The lowest BCUT2D eigenvalue weighted by atomic mass is 9.83. The van der Waals surface area contributed by atoms with Gasteiger partial charge in [0.1, 0.15) is 18.1 Å². The van der Waals surface area contributed by atoms with Crippen LogP contribution in [0.15, 0.2) is 48.5 Å². The Labute approximate surface area is 426 Å². The van der Waals surface area contributed by atoms with Crippen LogP contribution in [0.3, 0.4) is 0 Å². The molecule has 5 fully saturated rings. The predicted octanol–water partition coefficient (Wildman–Crippen LogP) is 3.99. The minimum absolute atomic E-state index is 0.109. The van der Waals surface area contributed by atoms with Crippen molar-refractivity contribution in [2.75, 3.05) is 18.6 Å². The highest BCUT2D eigenvalue weighted by atomic mass is 32.2. The molecule has 15 nitrogen and oxygen atoms in total. The van der Waals surface area contributed by atoms with E-state index in [2.05, 4.69) is 31.9 Å². The quantitative estimate of drug-likeness (QED) is 0.160. The normalized spacial score (nSPS) is 33.4. The van der Waals surface area contributed by atoms with Crippen LogP contribution in [-0.4, -0.2) is 122 Å². The molecular formula is C52H71N9O6S3. The molecule has 2 aromatic carbocycles. The molecule has 378 valence electrons. The van der Waals surface area contributed by atoms with Crippen LogP contribution in [0.1, 0.15) is 120 Å². The molecule has 4 heterocycles. The fourth-order valence-electron chi connectivity index (χ4n) is 12.5. The molecule has 0 unspecified atom stereocenters. The Morgan fingerprint density at radius 3 is 1.56 bits per heavy atom. The average molecular weight is 1010 g/mol. The number of carbonyl (C=O) groups excluding carboxylic acids is 6. The minimum atomic E-state index is -0.738. The number of rotatable bonds is 11. The third-order valence-electron chi connectivity index (χ3n) is 16.4. The number of carbonyl (C=O) groups is 6. The van der Waals surface area contributed by atoms with E-state index in [1.165, 1.54) is 0 Å². The number of amides is 6. The fourth-order valence-corrected chi connectivity index (χ4v) is 15.9. The summed E-state index contributed by atoms with van der Waals surface area (Å²) < 4.78 is 0. The van der Waals surface area contributed by atoms with Crippen molar-refractivity contribution in [3.05, 3.63) is 70.8 Å². The molecule has 0 radical (unpaired) electrons. The van der Waals surface area contributed by atoms with Crippen LogP contribution in [0.25, 0.3) is 0 Å². The first kappa shape index (κ1) is 50.7. The number of likely N-dealkylation sites (N-methyl/N-ethyl adjacent to an activating group) is 1. The van der Waals surface area contributed by atoms with Gasteiger partial charge in [-0.2, -0.15) is 0 Å². The summed E-state index contributed by atoms with van der Waals surface area (Å²) >= 11 is 9.02. The van der Waals surface area contributed by atoms with Crippen molar-refractivity contribution in [3.8, 4) is 0 Å². The number of benzene rings is 2. The molecule has 4 saturated heterocycles. The first-order valence-electron chi connectivity index (χ1n) is 25.3. The zero-order chi connectivity index (χ0) is 49.8. The summed E-state index contributed by atoms with van der Waals surface area (Å²) in [5, 5.41) is 19.4. The zero-order valence-electron chi connectivity index (χ0n) is 41.3. The second-order valence-electron chi connectivity index (χ2n) is 22.1. The van der Waals surface area contributed by atoms with Crippen LogP contribution < -0.4 is 37.6 Å². The number of hydrogen-bond donors (Lipinski definition) is 7. The molecule has 8 N–H and O–H groups in total. The number of fused-ring (bicyclic) bond motifs is 4. The van der Waals surface area contributed by atoms with Gasteiger partial charge in [-0.05, 0) is 123 Å². The third-order valence-corrected chi connectivity index (χ3v) is 19.4. The Kier molecular flexibility index (Phi) is 14.7. The van der Waals surface area contributed by atoms with Gasteiger partial charge in [0.2, 0.25) is 35.4 Å². The van der Waals surface area contributed by atoms with Gasteiger partial charge in [-0.15, -0.1) is 23.5 Å². The van der Waals surface area contributed by atoms with Gasteiger partial charge in [-0.3, -0.25) is 28.8 Å². The van der Waals surface area contributed by atoms with Gasteiger partial charge >= 0.3 is 0 Å². The molecule has 3 aliphatic carbocycles. The van der Waals surface area contributed by atoms with Crippen molar-refractivity contribution in [1.29, 1.82) is 0 Å².